The van der Waals surface area contributed by atoms with Crippen molar-refractivity contribution in [3.8, 4) is 28.6 Å². The molecule has 0 aliphatic carbocycles. The van der Waals surface area contributed by atoms with E-state index in [9.17, 15) is 9.59 Å². The Morgan fingerprint density at radius 2 is 1.54 bits per heavy atom. The van der Waals surface area contributed by atoms with E-state index in [0.29, 0.717) is 11.7 Å². The van der Waals surface area contributed by atoms with E-state index in [1.54, 1.807) is 0 Å². The quantitative estimate of drug-likeness (QED) is 0.602. The summed E-state index contributed by atoms with van der Waals surface area (Å²) in [6.45, 7) is 0. The number of halogens is 1. The van der Waals surface area contributed by atoms with Crippen molar-refractivity contribution in [1.29, 1.82) is 0 Å². The van der Waals surface area contributed by atoms with Gasteiger partial charge in [0.05, 0.1) is 0 Å². The predicted octanol–water partition coefficient (Wildman–Crippen LogP) is 3.50. The van der Waals surface area contributed by atoms with Crippen LogP contribution in [0.25, 0.3) is 28.6 Å². The molecule has 0 aliphatic heterocycles. The van der Waals surface area contributed by atoms with E-state index < -0.39 is 11.2 Å². The van der Waals surface area contributed by atoms with Crippen molar-refractivity contribution in [1.82, 2.24) is 14.5 Å². The number of aromatic amines is 1. The number of rotatable bonds is 3. The monoisotopic (exact) mass is 365 g/mol. The largest absolute Gasteiger partial charge is 0.434 e. The molecule has 2 heterocycles. The van der Waals surface area contributed by atoms with Crippen LogP contribution in [-0.4, -0.2) is 14.5 Å². The topological polar surface area (TPSA) is 80.9 Å². The Morgan fingerprint density at radius 1 is 0.923 bits per heavy atom. The summed E-state index contributed by atoms with van der Waals surface area (Å²) >= 11 is 5.90. The highest BCUT2D eigenvalue weighted by Crippen LogP contribution is 2.31. The molecule has 2 aromatic carbocycles. The lowest BCUT2D eigenvalue weighted by molar-refractivity contribution is 0.588. The summed E-state index contributed by atoms with van der Waals surface area (Å²) in [7, 11) is 0. The zero-order valence-electron chi connectivity index (χ0n) is 13.3. The zero-order chi connectivity index (χ0) is 18.1. The summed E-state index contributed by atoms with van der Waals surface area (Å²) in [4.78, 5) is 30.5. The first-order valence-corrected chi connectivity index (χ1v) is 8.15. The van der Waals surface area contributed by atoms with Crippen molar-refractivity contribution in [3.05, 3.63) is 92.7 Å². The third-order valence-electron chi connectivity index (χ3n) is 3.79. The average molecular weight is 366 g/mol. The van der Waals surface area contributed by atoms with Gasteiger partial charge in [0.2, 0.25) is 5.89 Å². The van der Waals surface area contributed by atoms with Crippen molar-refractivity contribution in [2.45, 2.75) is 0 Å². The van der Waals surface area contributed by atoms with E-state index in [4.69, 9.17) is 16.0 Å². The molecule has 1 N–H and O–H groups in total. The van der Waals surface area contributed by atoms with Crippen LogP contribution in [0.4, 0.5) is 0 Å². The van der Waals surface area contributed by atoms with Gasteiger partial charge in [0.15, 0.2) is 11.6 Å². The maximum Gasteiger partial charge on any atom is 0.334 e. The lowest BCUT2D eigenvalue weighted by atomic mass is 10.2. The first-order valence-electron chi connectivity index (χ1n) is 7.77. The first-order chi connectivity index (χ1) is 12.6. The van der Waals surface area contributed by atoms with E-state index in [1.165, 1.54) is 10.8 Å². The van der Waals surface area contributed by atoms with Crippen LogP contribution in [0.3, 0.4) is 0 Å². The van der Waals surface area contributed by atoms with Gasteiger partial charge in [-0.25, -0.2) is 9.36 Å². The fraction of sp³-hybridized carbons (Fsp3) is 0. The Balaban J connectivity index is 1.99. The summed E-state index contributed by atoms with van der Waals surface area (Å²) < 4.78 is 7.13. The van der Waals surface area contributed by atoms with Crippen LogP contribution in [0.15, 0.2) is 80.9 Å². The Hall–Kier alpha value is -3.38. The third-order valence-corrected chi connectivity index (χ3v) is 4.06. The lowest BCUT2D eigenvalue weighted by Gasteiger charge is -2.04. The van der Waals surface area contributed by atoms with Crippen LogP contribution in [-0.2, 0) is 0 Å². The molecule has 4 aromatic rings. The molecule has 2 aromatic heterocycles. The molecule has 128 valence electrons. The van der Waals surface area contributed by atoms with E-state index in [2.05, 4.69) is 9.97 Å². The van der Waals surface area contributed by atoms with Gasteiger partial charge >= 0.3 is 5.69 Å². The molecule has 0 unspecified atom stereocenters. The van der Waals surface area contributed by atoms with Gasteiger partial charge in [-0.3, -0.25) is 9.78 Å². The standard InChI is InChI=1S/C19H12ClN3O3/c20-14-11-23(19(25)22-17(14)24)16-15(12-7-3-1-4-8-12)26-18(21-16)13-9-5-2-6-10-13/h1-11H,(H,22,24,25). The molecule has 0 radical (unpaired) electrons. The molecule has 0 aliphatic rings. The van der Waals surface area contributed by atoms with Crippen molar-refractivity contribution in [2.24, 2.45) is 0 Å². The van der Waals surface area contributed by atoms with E-state index >= 15 is 0 Å². The molecule has 0 saturated heterocycles. The number of oxazole rings is 1. The number of benzene rings is 2. The van der Waals surface area contributed by atoms with E-state index in [1.807, 2.05) is 60.7 Å². The molecule has 4 rings (SSSR count). The molecule has 0 bridgehead atoms. The number of nitrogens with one attached hydrogen (secondary N) is 1. The molecule has 7 heteroatoms. The molecular formula is C19H12ClN3O3. The zero-order valence-corrected chi connectivity index (χ0v) is 14.1. The van der Waals surface area contributed by atoms with E-state index in [0.717, 1.165) is 11.1 Å². The van der Waals surface area contributed by atoms with Gasteiger partial charge in [0.1, 0.15) is 5.02 Å². The average Bonchev–Trinajstić information content (AvgIpc) is 3.11. The molecule has 0 saturated carbocycles. The normalized spacial score (nSPS) is 10.8. The summed E-state index contributed by atoms with van der Waals surface area (Å²) in [5, 5.41) is -0.118. The highest BCUT2D eigenvalue weighted by Gasteiger charge is 2.19. The number of nitrogens with zero attached hydrogens (tertiary/aromatic N) is 2. The summed E-state index contributed by atoms with van der Waals surface area (Å²) in [6, 6.07) is 18.6. The van der Waals surface area contributed by atoms with Crippen LogP contribution in [0, 0.1) is 0 Å². The molecule has 0 fully saturated rings. The van der Waals surface area contributed by atoms with Crippen LogP contribution in [0.5, 0.6) is 0 Å². The maximum atomic E-state index is 12.3. The second kappa shape index (κ2) is 6.50. The Labute approximate surface area is 152 Å². The molecule has 6 nitrogen and oxygen atoms in total. The van der Waals surface area contributed by atoms with Gasteiger partial charge in [0.25, 0.3) is 5.56 Å². The predicted molar refractivity (Wildman–Crippen MR) is 98.6 cm³/mol. The summed E-state index contributed by atoms with van der Waals surface area (Å²) in [5.74, 6) is 1.00. The fourth-order valence-electron chi connectivity index (χ4n) is 2.56. The van der Waals surface area contributed by atoms with Crippen molar-refractivity contribution in [3.63, 3.8) is 0 Å². The van der Waals surface area contributed by atoms with Crippen LogP contribution in [0.1, 0.15) is 0 Å². The summed E-state index contributed by atoms with van der Waals surface area (Å²) in [5.41, 5.74) is 0.205. The molecule has 0 amide bonds. The second-order valence-electron chi connectivity index (χ2n) is 5.51. The number of hydrogen-bond acceptors (Lipinski definition) is 4. The van der Waals surface area contributed by atoms with Gasteiger partial charge in [0, 0.05) is 17.3 Å². The minimum absolute atomic E-state index is 0.118. The van der Waals surface area contributed by atoms with Crippen molar-refractivity contribution in [2.75, 3.05) is 0 Å². The van der Waals surface area contributed by atoms with Gasteiger partial charge in [-0.1, -0.05) is 60.1 Å². The minimum Gasteiger partial charge on any atom is -0.434 e. The van der Waals surface area contributed by atoms with Crippen LogP contribution < -0.4 is 11.2 Å². The Bertz CT molecular complexity index is 1180. The summed E-state index contributed by atoms with van der Waals surface area (Å²) in [6.07, 6.45) is 1.24. The van der Waals surface area contributed by atoms with Gasteiger partial charge in [-0.05, 0) is 12.1 Å². The van der Waals surface area contributed by atoms with Crippen LogP contribution in [0.2, 0.25) is 5.02 Å². The molecular weight excluding hydrogens is 354 g/mol. The first kappa shape index (κ1) is 16.1. The van der Waals surface area contributed by atoms with Gasteiger partial charge in [-0.15, -0.1) is 0 Å². The molecule has 0 atom stereocenters. The highest BCUT2D eigenvalue weighted by molar-refractivity contribution is 6.30. The fourth-order valence-corrected chi connectivity index (χ4v) is 2.71. The number of hydrogen-bond donors (Lipinski definition) is 1. The van der Waals surface area contributed by atoms with Gasteiger partial charge < -0.3 is 4.42 Å². The number of aromatic nitrogens is 3. The second-order valence-corrected chi connectivity index (χ2v) is 5.92. The van der Waals surface area contributed by atoms with Crippen molar-refractivity contribution >= 4 is 11.6 Å². The Morgan fingerprint density at radius 3 is 2.19 bits per heavy atom. The third kappa shape index (κ3) is 2.87. The lowest BCUT2D eigenvalue weighted by Crippen LogP contribution is -2.29. The Kier molecular flexibility index (Phi) is 4.02. The molecule has 26 heavy (non-hydrogen) atoms. The number of H-pyrrole nitrogens is 1. The smallest absolute Gasteiger partial charge is 0.334 e. The molecule has 0 spiro atoms. The van der Waals surface area contributed by atoms with Crippen molar-refractivity contribution < 1.29 is 4.42 Å². The van der Waals surface area contributed by atoms with Crippen LogP contribution >= 0.6 is 11.6 Å². The minimum atomic E-state index is -0.652. The van der Waals surface area contributed by atoms with Gasteiger partial charge in [-0.2, -0.15) is 4.98 Å². The highest BCUT2D eigenvalue weighted by atomic mass is 35.5. The SMILES string of the molecule is O=c1[nH]c(=O)n(-c2nc(-c3ccccc3)oc2-c2ccccc2)cc1Cl. The maximum absolute atomic E-state index is 12.3. The van der Waals surface area contributed by atoms with E-state index in [-0.39, 0.29) is 10.8 Å².